The molecule has 0 aliphatic rings. The van der Waals surface area contributed by atoms with Gasteiger partial charge in [-0.05, 0) is 41.1 Å². The van der Waals surface area contributed by atoms with Crippen molar-refractivity contribution in [2.45, 2.75) is 0 Å². The van der Waals surface area contributed by atoms with E-state index in [0.717, 1.165) is 27.5 Å². The summed E-state index contributed by atoms with van der Waals surface area (Å²) < 4.78 is 1.65. The number of aromatic nitrogens is 2. The number of fused-ring (bicyclic) bond motifs is 2. The maximum atomic E-state index is 12.3. The molecule has 3 N–H and O–H groups in total. The lowest BCUT2D eigenvalue weighted by Crippen LogP contribution is -2.14. The molecule has 3 aromatic carbocycles. The summed E-state index contributed by atoms with van der Waals surface area (Å²) in [7, 11) is 0. The largest absolute Gasteiger partial charge is 0.399 e. The predicted molar refractivity (Wildman–Crippen MR) is 85.8 cm³/mol. The second kappa shape index (κ2) is 4.24. The van der Waals surface area contributed by atoms with Crippen LogP contribution in [0.15, 0.2) is 65.5 Å². The van der Waals surface area contributed by atoms with Crippen LogP contribution in [0, 0.1) is 0 Å². The molecule has 4 heteroatoms. The van der Waals surface area contributed by atoms with Crippen LogP contribution in [0.5, 0.6) is 0 Å². The molecule has 0 saturated heterocycles. The van der Waals surface area contributed by atoms with Crippen LogP contribution in [0.25, 0.3) is 27.5 Å². The van der Waals surface area contributed by atoms with E-state index < -0.39 is 0 Å². The highest BCUT2D eigenvalue weighted by Crippen LogP contribution is 2.21. The van der Waals surface area contributed by atoms with Gasteiger partial charge in [0.1, 0.15) is 0 Å². The van der Waals surface area contributed by atoms with Gasteiger partial charge < -0.3 is 10.7 Å². The highest BCUT2D eigenvalue weighted by molar-refractivity contribution is 5.86. The second-order valence-electron chi connectivity index (χ2n) is 5.07. The van der Waals surface area contributed by atoms with E-state index in [1.807, 2.05) is 48.5 Å². The molecular weight excluding hydrogens is 262 g/mol. The Kier molecular flexibility index (Phi) is 2.38. The Morgan fingerprint density at radius 1 is 0.905 bits per heavy atom. The van der Waals surface area contributed by atoms with Crippen molar-refractivity contribution in [2.24, 2.45) is 0 Å². The molecule has 0 aliphatic heterocycles. The molecule has 102 valence electrons. The fraction of sp³-hybridized carbons (Fsp3) is 0. The van der Waals surface area contributed by atoms with E-state index in [1.165, 1.54) is 0 Å². The quantitative estimate of drug-likeness (QED) is 0.524. The van der Waals surface area contributed by atoms with E-state index in [2.05, 4.69) is 11.1 Å². The first-order chi connectivity index (χ1) is 10.2. The van der Waals surface area contributed by atoms with Gasteiger partial charge >= 0.3 is 5.69 Å². The van der Waals surface area contributed by atoms with Gasteiger partial charge in [0.05, 0.1) is 16.7 Å². The van der Waals surface area contributed by atoms with Crippen LogP contribution in [0.1, 0.15) is 0 Å². The molecule has 0 spiro atoms. The number of nitrogens with two attached hydrogens (primary N) is 1. The van der Waals surface area contributed by atoms with Crippen molar-refractivity contribution in [1.82, 2.24) is 9.55 Å². The van der Waals surface area contributed by atoms with Crippen LogP contribution in [-0.2, 0) is 0 Å². The monoisotopic (exact) mass is 275 g/mol. The van der Waals surface area contributed by atoms with Gasteiger partial charge in [-0.15, -0.1) is 0 Å². The van der Waals surface area contributed by atoms with E-state index in [9.17, 15) is 4.79 Å². The molecule has 1 heterocycles. The van der Waals surface area contributed by atoms with Crippen molar-refractivity contribution in [3.05, 3.63) is 71.1 Å². The Balaban J connectivity index is 2.05. The van der Waals surface area contributed by atoms with Crippen molar-refractivity contribution in [1.29, 1.82) is 0 Å². The molecule has 0 fully saturated rings. The molecular formula is C17H13N3O. The molecule has 0 aliphatic carbocycles. The molecule has 21 heavy (non-hydrogen) atoms. The number of anilines is 1. The average molecular weight is 275 g/mol. The number of imidazole rings is 1. The minimum absolute atomic E-state index is 0.161. The number of rotatable bonds is 1. The zero-order chi connectivity index (χ0) is 14.4. The van der Waals surface area contributed by atoms with Gasteiger partial charge in [-0.3, -0.25) is 4.57 Å². The molecule has 4 nitrogen and oxygen atoms in total. The summed E-state index contributed by atoms with van der Waals surface area (Å²) >= 11 is 0. The average Bonchev–Trinajstić information content (AvgIpc) is 2.82. The van der Waals surface area contributed by atoms with Crippen molar-refractivity contribution < 1.29 is 0 Å². The lowest BCUT2D eigenvalue weighted by Gasteiger charge is -2.06. The third-order valence-corrected chi connectivity index (χ3v) is 3.70. The zero-order valence-electron chi connectivity index (χ0n) is 11.2. The summed E-state index contributed by atoms with van der Waals surface area (Å²) in [6, 6.07) is 19.5. The first-order valence-electron chi connectivity index (χ1n) is 6.72. The Hall–Kier alpha value is -3.01. The first-order valence-corrected chi connectivity index (χ1v) is 6.72. The summed E-state index contributed by atoms with van der Waals surface area (Å²) in [5.74, 6) is 0. The third kappa shape index (κ3) is 1.80. The number of nitrogen functional groups attached to an aromatic ring is 1. The fourth-order valence-electron chi connectivity index (χ4n) is 2.69. The third-order valence-electron chi connectivity index (χ3n) is 3.70. The normalized spacial score (nSPS) is 11.2. The summed E-state index contributed by atoms with van der Waals surface area (Å²) in [6.07, 6.45) is 0. The molecule has 0 saturated carbocycles. The smallest absolute Gasteiger partial charge is 0.331 e. The molecule has 4 rings (SSSR count). The van der Waals surface area contributed by atoms with Gasteiger partial charge in [-0.1, -0.05) is 30.3 Å². The minimum atomic E-state index is -0.161. The van der Waals surface area contributed by atoms with Crippen LogP contribution in [-0.4, -0.2) is 9.55 Å². The number of nitrogens with zero attached hydrogens (tertiary/aromatic N) is 1. The van der Waals surface area contributed by atoms with Crippen molar-refractivity contribution >= 4 is 27.5 Å². The van der Waals surface area contributed by atoms with E-state index in [0.29, 0.717) is 5.69 Å². The maximum Gasteiger partial charge on any atom is 0.331 e. The summed E-state index contributed by atoms with van der Waals surface area (Å²) in [5.41, 5.74) is 8.71. The summed E-state index contributed by atoms with van der Waals surface area (Å²) in [6.45, 7) is 0. The molecule has 4 aromatic rings. The highest BCUT2D eigenvalue weighted by atomic mass is 16.1. The summed E-state index contributed by atoms with van der Waals surface area (Å²) in [5, 5.41) is 2.24. The topological polar surface area (TPSA) is 63.8 Å². The Morgan fingerprint density at radius 3 is 2.57 bits per heavy atom. The van der Waals surface area contributed by atoms with E-state index >= 15 is 0 Å². The van der Waals surface area contributed by atoms with Crippen molar-refractivity contribution in [2.75, 3.05) is 5.73 Å². The van der Waals surface area contributed by atoms with E-state index in [-0.39, 0.29) is 5.69 Å². The van der Waals surface area contributed by atoms with Crippen LogP contribution in [0.4, 0.5) is 5.69 Å². The maximum absolute atomic E-state index is 12.3. The number of hydrogen-bond donors (Lipinski definition) is 2. The van der Waals surface area contributed by atoms with Gasteiger partial charge in [0.25, 0.3) is 0 Å². The Labute approximate surface area is 120 Å². The molecule has 0 unspecified atom stereocenters. The number of hydrogen-bond acceptors (Lipinski definition) is 2. The minimum Gasteiger partial charge on any atom is -0.399 e. The predicted octanol–water partition coefficient (Wildman–Crippen LogP) is 3.05. The van der Waals surface area contributed by atoms with Gasteiger partial charge in [-0.25, -0.2) is 4.79 Å². The lowest BCUT2D eigenvalue weighted by molar-refractivity contribution is 1.02. The molecule has 0 amide bonds. The second-order valence-corrected chi connectivity index (χ2v) is 5.07. The van der Waals surface area contributed by atoms with Gasteiger partial charge in [0.2, 0.25) is 0 Å². The van der Waals surface area contributed by atoms with Crippen molar-refractivity contribution in [3.63, 3.8) is 0 Å². The van der Waals surface area contributed by atoms with Crippen molar-refractivity contribution in [3.8, 4) is 5.69 Å². The van der Waals surface area contributed by atoms with E-state index in [1.54, 1.807) is 10.6 Å². The van der Waals surface area contributed by atoms with Crippen LogP contribution in [0.2, 0.25) is 0 Å². The Bertz CT molecular complexity index is 1030. The SMILES string of the molecule is Nc1ccc2[nH]c(=O)n(-c3ccc4ccccc4c3)c2c1. The molecule has 0 radical (unpaired) electrons. The summed E-state index contributed by atoms with van der Waals surface area (Å²) in [4.78, 5) is 15.1. The number of aromatic amines is 1. The fourth-order valence-corrected chi connectivity index (χ4v) is 2.69. The Morgan fingerprint density at radius 2 is 1.71 bits per heavy atom. The molecule has 0 atom stereocenters. The number of nitrogens with one attached hydrogen (secondary N) is 1. The van der Waals surface area contributed by atoms with Crippen LogP contribution in [0.3, 0.4) is 0 Å². The highest BCUT2D eigenvalue weighted by Gasteiger charge is 2.09. The number of H-pyrrole nitrogens is 1. The van der Waals surface area contributed by atoms with Gasteiger partial charge in [0, 0.05) is 5.69 Å². The van der Waals surface area contributed by atoms with Crippen LogP contribution < -0.4 is 11.4 Å². The molecule has 1 aromatic heterocycles. The standard InChI is InChI=1S/C17H13N3O/c18-13-6-8-15-16(10-13)20(17(21)19-15)14-7-5-11-3-1-2-4-12(11)9-14/h1-10H,18H2,(H,19,21). The first kappa shape index (κ1) is 11.8. The van der Waals surface area contributed by atoms with E-state index in [4.69, 9.17) is 5.73 Å². The molecule has 0 bridgehead atoms. The zero-order valence-corrected chi connectivity index (χ0v) is 11.2. The lowest BCUT2D eigenvalue weighted by atomic mass is 10.1. The van der Waals surface area contributed by atoms with Gasteiger partial charge in [0.15, 0.2) is 0 Å². The number of benzene rings is 3. The van der Waals surface area contributed by atoms with Crippen LogP contribution >= 0.6 is 0 Å². The van der Waals surface area contributed by atoms with Gasteiger partial charge in [-0.2, -0.15) is 0 Å².